The number of hydrogen-bond acceptors (Lipinski definition) is 3. The minimum absolute atomic E-state index is 0.154. The molecule has 3 rings (SSSR count). The van der Waals surface area contributed by atoms with Crippen LogP contribution in [0.3, 0.4) is 0 Å². The van der Waals surface area contributed by atoms with Crippen LogP contribution in [-0.2, 0) is 6.42 Å². The molecule has 118 valence electrons. The summed E-state index contributed by atoms with van der Waals surface area (Å²) in [4.78, 5) is 4.62. The fourth-order valence-electron chi connectivity index (χ4n) is 3.05. The maximum atomic E-state index is 9.88. The molecule has 1 heterocycles. The zero-order valence-electron chi connectivity index (χ0n) is 13.2. The van der Waals surface area contributed by atoms with Gasteiger partial charge < -0.3 is 10.2 Å². The van der Waals surface area contributed by atoms with E-state index < -0.39 is 6.10 Å². The summed E-state index contributed by atoms with van der Waals surface area (Å²) in [6, 6.07) is 17.4. The minimum atomic E-state index is -0.405. The molecule has 2 N–H and O–H groups in total. The highest BCUT2D eigenvalue weighted by molar-refractivity contribution is 5.86. The van der Waals surface area contributed by atoms with Crippen LogP contribution in [0.15, 0.2) is 65.2 Å². The van der Waals surface area contributed by atoms with E-state index in [9.17, 15) is 10.2 Å². The Kier molecular flexibility index (Phi) is 4.58. The van der Waals surface area contributed by atoms with Gasteiger partial charge in [0, 0.05) is 17.7 Å². The molecule has 3 nitrogen and oxygen atoms in total. The van der Waals surface area contributed by atoms with Gasteiger partial charge in [-0.05, 0) is 43.0 Å². The number of benzene rings is 2. The van der Waals surface area contributed by atoms with Crippen molar-refractivity contribution in [2.24, 2.45) is 10.9 Å². The predicted octanol–water partition coefficient (Wildman–Crippen LogP) is 3.82. The summed E-state index contributed by atoms with van der Waals surface area (Å²) in [7, 11) is 0. The lowest BCUT2D eigenvalue weighted by Crippen LogP contribution is -2.12. The first-order valence-electron chi connectivity index (χ1n) is 7.92. The third kappa shape index (κ3) is 3.69. The quantitative estimate of drug-likeness (QED) is 0.882. The fourth-order valence-corrected chi connectivity index (χ4v) is 3.05. The molecule has 2 aromatic rings. The van der Waals surface area contributed by atoms with Gasteiger partial charge in [-0.2, -0.15) is 0 Å². The summed E-state index contributed by atoms with van der Waals surface area (Å²) in [5.74, 6) is 0.434. The third-order valence-corrected chi connectivity index (χ3v) is 4.06. The van der Waals surface area contributed by atoms with E-state index in [0.29, 0.717) is 6.42 Å². The van der Waals surface area contributed by atoms with Crippen molar-refractivity contribution in [1.82, 2.24) is 0 Å². The van der Waals surface area contributed by atoms with E-state index in [1.807, 2.05) is 48.7 Å². The second-order valence-corrected chi connectivity index (χ2v) is 6.05. The molecule has 2 aromatic carbocycles. The first-order chi connectivity index (χ1) is 11.1. The first-order valence-corrected chi connectivity index (χ1v) is 7.92. The lowest BCUT2D eigenvalue weighted by molar-refractivity contribution is 0.193. The Bertz CT molecular complexity index is 732. The van der Waals surface area contributed by atoms with Crippen LogP contribution >= 0.6 is 0 Å². The molecule has 0 aromatic heterocycles. The number of rotatable bonds is 5. The van der Waals surface area contributed by atoms with Crippen LogP contribution in [0.25, 0.3) is 5.70 Å². The Morgan fingerprint density at radius 1 is 1.09 bits per heavy atom. The lowest BCUT2D eigenvalue weighted by Gasteiger charge is -2.16. The molecule has 3 heteroatoms. The normalized spacial score (nSPS) is 18.4. The monoisotopic (exact) mass is 307 g/mol. The van der Waals surface area contributed by atoms with Crippen LogP contribution in [0, 0.1) is 5.92 Å². The highest BCUT2D eigenvalue weighted by atomic mass is 16.3. The van der Waals surface area contributed by atoms with E-state index in [2.05, 4.69) is 4.99 Å². The van der Waals surface area contributed by atoms with E-state index >= 15 is 0 Å². The summed E-state index contributed by atoms with van der Waals surface area (Å²) in [6.07, 6.45) is 2.94. The molecule has 0 spiro atoms. The molecule has 0 fully saturated rings. The molecular weight excluding hydrogens is 286 g/mol. The molecule has 0 bridgehead atoms. The maximum Gasteiger partial charge on any atom is 0.115 e. The first kappa shape index (κ1) is 15.5. The summed E-state index contributed by atoms with van der Waals surface area (Å²) in [5, 5.41) is 19.5. The second-order valence-electron chi connectivity index (χ2n) is 6.05. The number of aromatic hydroxyl groups is 1. The zero-order valence-corrected chi connectivity index (χ0v) is 13.2. The summed E-state index contributed by atoms with van der Waals surface area (Å²) in [6.45, 7) is 1.80. The van der Waals surface area contributed by atoms with Crippen molar-refractivity contribution in [3.63, 3.8) is 0 Å². The Balaban J connectivity index is 1.91. The van der Waals surface area contributed by atoms with E-state index in [1.165, 1.54) is 0 Å². The number of aliphatic hydroxyl groups is 1. The highest BCUT2D eigenvalue weighted by Crippen LogP contribution is 2.34. The van der Waals surface area contributed by atoms with Gasteiger partial charge in [-0.25, -0.2) is 0 Å². The number of aliphatic imine (C=N–C) groups is 1. The highest BCUT2D eigenvalue weighted by Gasteiger charge is 2.24. The van der Waals surface area contributed by atoms with E-state index in [1.54, 1.807) is 19.1 Å². The van der Waals surface area contributed by atoms with Crippen molar-refractivity contribution < 1.29 is 10.2 Å². The van der Waals surface area contributed by atoms with Gasteiger partial charge in [-0.15, -0.1) is 0 Å². The van der Waals surface area contributed by atoms with Gasteiger partial charge in [0.1, 0.15) is 5.75 Å². The van der Waals surface area contributed by atoms with Crippen LogP contribution in [-0.4, -0.2) is 22.5 Å². The molecular formula is C20H21NO2. The minimum Gasteiger partial charge on any atom is -0.508 e. The van der Waals surface area contributed by atoms with Crippen molar-refractivity contribution in [2.75, 3.05) is 0 Å². The summed E-state index contributed by atoms with van der Waals surface area (Å²) >= 11 is 0. The van der Waals surface area contributed by atoms with Crippen LogP contribution in [0.1, 0.15) is 24.5 Å². The molecule has 0 saturated heterocycles. The van der Waals surface area contributed by atoms with Crippen molar-refractivity contribution in [2.45, 2.75) is 25.9 Å². The average Bonchev–Trinajstić information content (AvgIpc) is 2.90. The Morgan fingerprint density at radius 2 is 1.87 bits per heavy atom. The van der Waals surface area contributed by atoms with E-state index in [4.69, 9.17) is 0 Å². The van der Waals surface area contributed by atoms with Crippen molar-refractivity contribution in [3.05, 3.63) is 71.3 Å². The van der Waals surface area contributed by atoms with E-state index in [0.717, 1.165) is 28.8 Å². The number of hydrogen-bond donors (Lipinski definition) is 2. The molecule has 0 saturated carbocycles. The molecule has 2 unspecified atom stereocenters. The number of phenols is 1. The standard InChI is InChI=1S/C20H21NO2/c1-14(22)10-19-17(11-15-6-5-9-18(23)12-15)13-21-20(19)16-7-3-2-4-8-16/h2-9,12-14,17,22-23H,10-11H2,1H3. The Morgan fingerprint density at radius 3 is 2.57 bits per heavy atom. The largest absolute Gasteiger partial charge is 0.508 e. The van der Waals surface area contributed by atoms with Crippen LogP contribution < -0.4 is 0 Å². The molecule has 23 heavy (non-hydrogen) atoms. The van der Waals surface area contributed by atoms with Crippen molar-refractivity contribution in [1.29, 1.82) is 0 Å². The maximum absolute atomic E-state index is 9.88. The predicted molar refractivity (Wildman–Crippen MR) is 93.5 cm³/mol. The molecule has 1 aliphatic rings. The lowest BCUT2D eigenvalue weighted by atomic mass is 9.88. The van der Waals surface area contributed by atoms with Gasteiger partial charge in [0.25, 0.3) is 0 Å². The third-order valence-electron chi connectivity index (χ3n) is 4.06. The second kappa shape index (κ2) is 6.80. The Labute approximate surface area is 136 Å². The fraction of sp³-hybridized carbons (Fsp3) is 0.250. The van der Waals surface area contributed by atoms with Crippen LogP contribution in [0.5, 0.6) is 5.75 Å². The van der Waals surface area contributed by atoms with Crippen molar-refractivity contribution in [3.8, 4) is 5.75 Å². The number of phenolic OH excluding ortho intramolecular Hbond substituents is 1. The van der Waals surface area contributed by atoms with Gasteiger partial charge in [0.05, 0.1) is 11.8 Å². The van der Waals surface area contributed by atoms with Crippen molar-refractivity contribution >= 4 is 11.9 Å². The molecule has 0 aliphatic carbocycles. The zero-order chi connectivity index (χ0) is 16.2. The van der Waals surface area contributed by atoms with Gasteiger partial charge in [-0.3, -0.25) is 4.99 Å². The number of nitrogens with zero attached hydrogens (tertiary/aromatic N) is 1. The smallest absolute Gasteiger partial charge is 0.115 e. The van der Waals surface area contributed by atoms with Gasteiger partial charge in [0.15, 0.2) is 0 Å². The number of aliphatic hydroxyl groups excluding tert-OH is 1. The van der Waals surface area contributed by atoms with E-state index in [-0.39, 0.29) is 11.7 Å². The molecule has 1 aliphatic heterocycles. The van der Waals surface area contributed by atoms with Gasteiger partial charge in [0.2, 0.25) is 0 Å². The Hall–Kier alpha value is -2.39. The van der Waals surface area contributed by atoms with Crippen LogP contribution in [0.4, 0.5) is 0 Å². The van der Waals surface area contributed by atoms with Gasteiger partial charge >= 0.3 is 0 Å². The van der Waals surface area contributed by atoms with Gasteiger partial charge in [-0.1, -0.05) is 42.5 Å². The average molecular weight is 307 g/mol. The molecule has 0 radical (unpaired) electrons. The molecule has 0 amide bonds. The molecule has 2 atom stereocenters. The topological polar surface area (TPSA) is 52.8 Å². The van der Waals surface area contributed by atoms with Crippen LogP contribution in [0.2, 0.25) is 0 Å². The SMILES string of the molecule is CC(O)CC1=C(c2ccccc2)N=CC1Cc1cccc(O)c1. The summed E-state index contributed by atoms with van der Waals surface area (Å²) < 4.78 is 0. The summed E-state index contributed by atoms with van der Waals surface area (Å²) in [5.41, 5.74) is 4.28.